The highest BCUT2D eigenvalue weighted by molar-refractivity contribution is 5.88. The number of benzene rings is 2. The molecule has 4 aromatic rings. The SMILES string of the molecule is CCOc1ccnc2ccc(N3CCC4(C=C(c5c(-c6ccccc6OC(F)(F)F)noc5C5CC5)C4)CC3)cc12. The van der Waals surface area contributed by atoms with Gasteiger partial charge in [-0.05, 0) is 86.4 Å². The van der Waals surface area contributed by atoms with Gasteiger partial charge in [0.15, 0.2) is 0 Å². The third-order valence-corrected chi connectivity index (χ3v) is 8.49. The molecule has 1 aliphatic heterocycles. The number of aromatic nitrogens is 2. The maximum atomic E-state index is 13.2. The summed E-state index contributed by atoms with van der Waals surface area (Å²) in [4.78, 5) is 6.89. The van der Waals surface area contributed by atoms with Gasteiger partial charge in [0.1, 0.15) is 23.0 Å². The first-order valence-corrected chi connectivity index (χ1v) is 14.2. The van der Waals surface area contributed by atoms with Crippen LogP contribution in [0, 0.1) is 5.41 Å². The molecule has 212 valence electrons. The Balaban J connectivity index is 1.14. The molecule has 1 saturated carbocycles. The van der Waals surface area contributed by atoms with Crippen molar-refractivity contribution < 1.29 is 27.2 Å². The molecule has 3 aliphatic rings. The molecule has 0 unspecified atom stereocenters. The number of alkyl halides is 3. The van der Waals surface area contributed by atoms with E-state index in [0.717, 1.165) is 84.4 Å². The highest BCUT2D eigenvalue weighted by Gasteiger charge is 2.44. The summed E-state index contributed by atoms with van der Waals surface area (Å²) in [5.74, 6) is 1.64. The number of fused-ring (bicyclic) bond motifs is 1. The lowest BCUT2D eigenvalue weighted by Crippen LogP contribution is -2.42. The Bertz CT molecular complexity index is 1630. The van der Waals surface area contributed by atoms with Crippen molar-refractivity contribution in [3.63, 3.8) is 0 Å². The molecule has 0 bridgehead atoms. The lowest BCUT2D eigenvalue weighted by atomic mass is 9.63. The normalized spacial score (nSPS) is 18.3. The molecule has 2 fully saturated rings. The van der Waals surface area contributed by atoms with Gasteiger partial charge in [0.05, 0.1) is 12.1 Å². The quantitative estimate of drug-likeness (QED) is 0.227. The molecule has 6 nitrogen and oxygen atoms in total. The van der Waals surface area contributed by atoms with Crippen molar-refractivity contribution in [3.8, 4) is 22.8 Å². The second kappa shape index (κ2) is 9.82. The number of hydrogen-bond donors (Lipinski definition) is 0. The Kier molecular flexibility index (Phi) is 6.21. The van der Waals surface area contributed by atoms with Crippen LogP contribution in [0.2, 0.25) is 0 Å². The van der Waals surface area contributed by atoms with Crippen molar-refractivity contribution in [2.24, 2.45) is 5.41 Å². The van der Waals surface area contributed by atoms with Gasteiger partial charge < -0.3 is 18.9 Å². The first-order valence-electron chi connectivity index (χ1n) is 14.2. The minimum absolute atomic E-state index is 0.0675. The molecule has 2 aliphatic carbocycles. The van der Waals surface area contributed by atoms with Gasteiger partial charge in [-0.3, -0.25) is 4.98 Å². The van der Waals surface area contributed by atoms with Gasteiger partial charge in [0.25, 0.3) is 0 Å². The molecular formula is C32H30F3N3O3. The predicted octanol–water partition coefficient (Wildman–Crippen LogP) is 8.14. The second-order valence-electron chi connectivity index (χ2n) is 11.2. The van der Waals surface area contributed by atoms with E-state index in [2.05, 4.69) is 38.0 Å². The fraction of sp³-hybridized carbons (Fsp3) is 0.375. The van der Waals surface area contributed by atoms with Gasteiger partial charge >= 0.3 is 6.36 Å². The third-order valence-electron chi connectivity index (χ3n) is 8.49. The van der Waals surface area contributed by atoms with E-state index in [1.807, 2.05) is 19.1 Å². The summed E-state index contributed by atoms with van der Waals surface area (Å²) in [6.07, 6.45) is 4.14. The Morgan fingerprint density at radius 2 is 1.83 bits per heavy atom. The van der Waals surface area contributed by atoms with Crippen LogP contribution < -0.4 is 14.4 Å². The second-order valence-corrected chi connectivity index (χ2v) is 11.2. The van der Waals surface area contributed by atoms with Crippen molar-refractivity contribution >= 4 is 22.2 Å². The van der Waals surface area contributed by atoms with E-state index in [4.69, 9.17) is 9.26 Å². The van der Waals surface area contributed by atoms with Crippen molar-refractivity contribution in [2.45, 2.75) is 51.3 Å². The van der Waals surface area contributed by atoms with E-state index in [1.54, 1.807) is 18.3 Å². The van der Waals surface area contributed by atoms with Crippen LogP contribution in [0.1, 0.15) is 56.3 Å². The van der Waals surface area contributed by atoms with E-state index in [0.29, 0.717) is 17.9 Å². The topological polar surface area (TPSA) is 60.6 Å². The first kappa shape index (κ1) is 25.9. The fourth-order valence-corrected chi connectivity index (χ4v) is 6.30. The zero-order chi connectivity index (χ0) is 28.2. The number of para-hydroxylation sites is 1. The molecule has 7 rings (SSSR count). The Morgan fingerprint density at radius 3 is 2.56 bits per heavy atom. The zero-order valence-electron chi connectivity index (χ0n) is 22.7. The van der Waals surface area contributed by atoms with E-state index < -0.39 is 6.36 Å². The Morgan fingerprint density at radius 1 is 1.05 bits per heavy atom. The van der Waals surface area contributed by atoms with Crippen LogP contribution in [0.5, 0.6) is 11.5 Å². The Labute approximate surface area is 235 Å². The predicted molar refractivity (Wildman–Crippen MR) is 150 cm³/mol. The van der Waals surface area contributed by atoms with Gasteiger partial charge in [-0.15, -0.1) is 13.2 Å². The number of nitrogens with zero attached hydrogens (tertiary/aromatic N) is 3. The molecule has 0 radical (unpaired) electrons. The molecule has 3 heterocycles. The van der Waals surface area contributed by atoms with Crippen molar-refractivity contribution in [1.82, 2.24) is 10.1 Å². The van der Waals surface area contributed by atoms with E-state index >= 15 is 0 Å². The highest BCUT2D eigenvalue weighted by Crippen LogP contribution is 2.56. The molecular weight excluding hydrogens is 531 g/mol. The van der Waals surface area contributed by atoms with Crippen LogP contribution >= 0.6 is 0 Å². The van der Waals surface area contributed by atoms with Crippen LogP contribution in [0.25, 0.3) is 27.7 Å². The zero-order valence-corrected chi connectivity index (χ0v) is 22.7. The van der Waals surface area contributed by atoms with Crippen molar-refractivity contribution in [3.05, 3.63) is 72.1 Å². The Hall–Kier alpha value is -4.01. The van der Waals surface area contributed by atoms with Gasteiger partial charge in [0, 0.05) is 47.4 Å². The van der Waals surface area contributed by atoms with Gasteiger partial charge in [-0.1, -0.05) is 23.4 Å². The number of pyridine rings is 1. The maximum absolute atomic E-state index is 13.2. The minimum atomic E-state index is -4.79. The fourth-order valence-electron chi connectivity index (χ4n) is 6.30. The smallest absolute Gasteiger partial charge is 0.493 e. The summed E-state index contributed by atoms with van der Waals surface area (Å²) in [5.41, 5.74) is 4.82. The molecule has 41 heavy (non-hydrogen) atoms. The van der Waals surface area contributed by atoms with Crippen LogP contribution in [0.3, 0.4) is 0 Å². The van der Waals surface area contributed by atoms with Crippen molar-refractivity contribution in [2.75, 3.05) is 24.6 Å². The summed E-state index contributed by atoms with van der Waals surface area (Å²) >= 11 is 0. The summed E-state index contributed by atoms with van der Waals surface area (Å²) in [5, 5.41) is 5.30. The standard InChI is InChI=1S/C32H30F3N3O3/c1-2-39-26-11-14-36-25-10-9-22(17-24(25)26)38-15-12-31(13-16-38)18-21(19-31)28-29(37-41-30(28)20-7-8-20)23-5-3-4-6-27(23)40-32(33,34)35/h3-6,9-11,14,17-18,20H,2,7-8,12-13,15-16,19H2,1H3. The summed E-state index contributed by atoms with van der Waals surface area (Å²) in [6.45, 7) is 4.40. The molecule has 2 aromatic heterocycles. The van der Waals surface area contributed by atoms with E-state index in [1.165, 1.54) is 12.1 Å². The van der Waals surface area contributed by atoms with Crippen LogP contribution in [0.4, 0.5) is 18.9 Å². The average molecular weight is 562 g/mol. The van der Waals surface area contributed by atoms with Crippen LogP contribution in [0.15, 0.2) is 65.3 Å². The van der Waals surface area contributed by atoms with Crippen LogP contribution in [-0.4, -0.2) is 36.2 Å². The number of ether oxygens (including phenoxy) is 2. The number of allylic oxidation sites excluding steroid dienone is 2. The first-order chi connectivity index (χ1) is 19.8. The van der Waals surface area contributed by atoms with E-state index in [9.17, 15) is 13.2 Å². The number of rotatable bonds is 7. The number of halogens is 3. The highest BCUT2D eigenvalue weighted by atomic mass is 19.4. The largest absolute Gasteiger partial charge is 0.573 e. The summed E-state index contributed by atoms with van der Waals surface area (Å²) < 4.78 is 55.4. The van der Waals surface area contributed by atoms with Gasteiger partial charge in [0.2, 0.25) is 0 Å². The molecule has 0 N–H and O–H groups in total. The number of hydrogen-bond acceptors (Lipinski definition) is 6. The molecule has 2 aromatic carbocycles. The van der Waals surface area contributed by atoms with Gasteiger partial charge in [-0.2, -0.15) is 0 Å². The summed E-state index contributed by atoms with van der Waals surface area (Å²) in [7, 11) is 0. The van der Waals surface area contributed by atoms with Crippen LogP contribution in [-0.2, 0) is 0 Å². The number of anilines is 1. The average Bonchev–Trinajstić information content (AvgIpc) is 3.70. The summed E-state index contributed by atoms with van der Waals surface area (Å²) in [6, 6.07) is 14.4. The molecule has 0 atom stereocenters. The third kappa shape index (κ3) is 4.91. The van der Waals surface area contributed by atoms with Crippen molar-refractivity contribution in [1.29, 1.82) is 0 Å². The molecule has 1 saturated heterocycles. The van der Waals surface area contributed by atoms with E-state index in [-0.39, 0.29) is 17.1 Å². The van der Waals surface area contributed by atoms with Gasteiger partial charge in [-0.25, -0.2) is 0 Å². The molecule has 0 amide bonds. The number of piperidine rings is 1. The lowest BCUT2D eigenvalue weighted by molar-refractivity contribution is -0.274. The maximum Gasteiger partial charge on any atom is 0.573 e. The molecule has 1 spiro atoms. The monoisotopic (exact) mass is 561 g/mol. The lowest BCUT2D eigenvalue weighted by Gasteiger charge is -2.47. The molecule has 9 heteroatoms. The minimum Gasteiger partial charge on any atom is -0.493 e.